The molecule has 0 saturated carbocycles. The number of phenolic OH excluding ortho intramolecular Hbond substituents is 1. The van der Waals surface area contributed by atoms with Gasteiger partial charge in [-0.2, -0.15) is 0 Å². The van der Waals surface area contributed by atoms with Crippen LogP contribution in [0.5, 0.6) is 5.75 Å². The summed E-state index contributed by atoms with van der Waals surface area (Å²) in [6.45, 7) is 2.65. The lowest BCUT2D eigenvalue weighted by molar-refractivity contribution is -0.146. The predicted octanol–water partition coefficient (Wildman–Crippen LogP) is 9.80. The van der Waals surface area contributed by atoms with E-state index in [1.807, 2.05) is 35.7 Å². The molecular formula is C36H60O5S2. The van der Waals surface area contributed by atoms with Gasteiger partial charge in [-0.15, -0.1) is 23.5 Å². The Balaban J connectivity index is 1.47. The van der Waals surface area contributed by atoms with E-state index in [4.69, 9.17) is 4.74 Å². The number of carbonyl (C=O) groups excluding carboxylic acids is 2. The molecule has 0 unspecified atom stereocenters. The fraction of sp³-hybridized carbons (Fsp3) is 0.778. The number of carbonyl (C=O) groups is 2. The summed E-state index contributed by atoms with van der Waals surface area (Å²) in [5.74, 6) is 1.65. The summed E-state index contributed by atoms with van der Waals surface area (Å²) in [6.07, 6.45) is 23.2. The number of rotatable bonds is 26. The van der Waals surface area contributed by atoms with Crippen molar-refractivity contribution in [1.29, 1.82) is 0 Å². The molecule has 1 aliphatic heterocycles. The molecule has 1 aromatic carbocycles. The largest absolute Gasteiger partial charge is 0.508 e. The maximum Gasteiger partial charge on any atom is 0.313 e. The number of aliphatic hydroxyl groups excluding tert-OH is 1. The van der Waals surface area contributed by atoms with Gasteiger partial charge in [0, 0.05) is 6.42 Å². The van der Waals surface area contributed by atoms with Gasteiger partial charge in [0.25, 0.3) is 0 Å². The molecule has 43 heavy (non-hydrogen) atoms. The average Bonchev–Trinajstić information content (AvgIpc) is 2.98. The Morgan fingerprint density at radius 2 is 1.33 bits per heavy atom. The first-order valence-electron chi connectivity index (χ1n) is 17.3. The molecule has 0 bridgehead atoms. The number of Topliss-reactive ketones (excluding diaryl/α,β-unsaturated/α-hetero) is 1. The Labute approximate surface area is 271 Å². The van der Waals surface area contributed by atoms with Crippen molar-refractivity contribution in [3.8, 4) is 5.75 Å². The third-order valence-corrected chi connectivity index (χ3v) is 11.8. The Morgan fingerprint density at radius 3 is 1.86 bits per heavy atom. The van der Waals surface area contributed by atoms with Gasteiger partial charge in [0.15, 0.2) is 0 Å². The highest BCUT2D eigenvalue weighted by atomic mass is 32.2. The zero-order chi connectivity index (χ0) is 31.0. The zero-order valence-electron chi connectivity index (χ0n) is 27.0. The molecular weight excluding hydrogens is 577 g/mol. The van der Waals surface area contributed by atoms with Gasteiger partial charge in [0.1, 0.15) is 18.0 Å². The molecule has 246 valence electrons. The number of esters is 1. The molecule has 0 radical (unpaired) electrons. The van der Waals surface area contributed by atoms with Crippen LogP contribution >= 0.6 is 23.5 Å². The zero-order valence-corrected chi connectivity index (χ0v) is 28.6. The van der Waals surface area contributed by atoms with Crippen molar-refractivity contribution in [3.63, 3.8) is 0 Å². The number of hydrogen-bond acceptors (Lipinski definition) is 7. The number of hydrogen-bond donors (Lipinski definition) is 2. The van der Waals surface area contributed by atoms with Crippen molar-refractivity contribution in [2.45, 2.75) is 158 Å². The highest BCUT2D eigenvalue weighted by molar-refractivity contribution is 8.18. The Hall–Kier alpha value is -1.18. The van der Waals surface area contributed by atoms with E-state index in [-0.39, 0.29) is 28.5 Å². The quantitative estimate of drug-likeness (QED) is 0.0595. The van der Waals surface area contributed by atoms with Crippen molar-refractivity contribution in [1.82, 2.24) is 0 Å². The molecule has 0 amide bonds. The van der Waals surface area contributed by atoms with Crippen LogP contribution in [0, 0.1) is 0 Å². The normalized spacial score (nSPS) is 15.3. The van der Waals surface area contributed by atoms with Crippen molar-refractivity contribution >= 4 is 35.3 Å². The van der Waals surface area contributed by atoms with Crippen molar-refractivity contribution in [2.24, 2.45) is 0 Å². The van der Waals surface area contributed by atoms with Crippen molar-refractivity contribution in [3.05, 3.63) is 29.8 Å². The van der Waals surface area contributed by atoms with E-state index in [1.165, 1.54) is 89.9 Å². The van der Waals surface area contributed by atoms with E-state index in [2.05, 4.69) is 6.92 Å². The molecule has 0 aromatic heterocycles. The average molecular weight is 637 g/mol. The van der Waals surface area contributed by atoms with Gasteiger partial charge >= 0.3 is 5.97 Å². The second-order valence-electron chi connectivity index (χ2n) is 12.4. The molecule has 0 spiro atoms. The summed E-state index contributed by atoms with van der Waals surface area (Å²) in [5.41, 5.74) is 1.15. The SMILES string of the molecule is CCCCCCCCCCCCCCCCCCOC(=O)CC(=O)C[C@H](O)CC1(CCc2ccc(O)cc2)SCCCS1. The summed E-state index contributed by atoms with van der Waals surface area (Å²) < 4.78 is 5.18. The van der Waals surface area contributed by atoms with Crippen LogP contribution in [0.2, 0.25) is 0 Å². The lowest BCUT2D eigenvalue weighted by atomic mass is 10.0. The molecule has 5 nitrogen and oxygen atoms in total. The van der Waals surface area contributed by atoms with Crippen LogP contribution in [-0.2, 0) is 20.7 Å². The molecule has 7 heteroatoms. The molecule has 2 N–H and O–H groups in total. The van der Waals surface area contributed by atoms with Gasteiger partial charge in [0.05, 0.1) is 16.8 Å². The molecule has 0 aliphatic carbocycles. The predicted molar refractivity (Wildman–Crippen MR) is 184 cm³/mol. The van der Waals surface area contributed by atoms with Gasteiger partial charge in [-0.05, 0) is 61.3 Å². The molecule has 1 aliphatic rings. The van der Waals surface area contributed by atoms with Gasteiger partial charge in [-0.1, -0.05) is 115 Å². The minimum atomic E-state index is -0.765. The van der Waals surface area contributed by atoms with E-state index in [0.717, 1.165) is 49.2 Å². The maximum atomic E-state index is 12.5. The minimum absolute atomic E-state index is 0.00374. The van der Waals surface area contributed by atoms with Gasteiger partial charge in [-0.3, -0.25) is 9.59 Å². The van der Waals surface area contributed by atoms with Gasteiger partial charge in [0.2, 0.25) is 0 Å². The first kappa shape index (κ1) is 38.0. The Morgan fingerprint density at radius 1 is 0.814 bits per heavy atom. The molecule has 1 saturated heterocycles. The smallest absolute Gasteiger partial charge is 0.313 e. The summed E-state index contributed by atoms with van der Waals surface area (Å²) in [4.78, 5) is 24.7. The van der Waals surface area contributed by atoms with Crippen LogP contribution in [0.15, 0.2) is 24.3 Å². The van der Waals surface area contributed by atoms with E-state index in [1.54, 1.807) is 12.1 Å². The van der Waals surface area contributed by atoms with Crippen LogP contribution in [0.4, 0.5) is 0 Å². The van der Waals surface area contributed by atoms with Crippen molar-refractivity contribution < 1.29 is 24.5 Å². The summed E-state index contributed by atoms with van der Waals surface area (Å²) >= 11 is 3.76. The van der Waals surface area contributed by atoms with Crippen LogP contribution in [-0.4, -0.2) is 50.3 Å². The highest BCUT2D eigenvalue weighted by Gasteiger charge is 2.36. The van der Waals surface area contributed by atoms with Crippen LogP contribution in [0.1, 0.15) is 147 Å². The van der Waals surface area contributed by atoms with E-state index < -0.39 is 12.1 Å². The molecule has 1 fully saturated rings. The topological polar surface area (TPSA) is 83.8 Å². The number of aryl methyl sites for hydroxylation is 1. The Bertz CT molecular complexity index is 854. The first-order valence-corrected chi connectivity index (χ1v) is 19.3. The van der Waals surface area contributed by atoms with Gasteiger partial charge < -0.3 is 14.9 Å². The van der Waals surface area contributed by atoms with E-state index in [0.29, 0.717) is 13.0 Å². The van der Waals surface area contributed by atoms with Crippen LogP contribution < -0.4 is 0 Å². The fourth-order valence-corrected chi connectivity index (χ4v) is 9.24. The van der Waals surface area contributed by atoms with E-state index >= 15 is 0 Å². The molecule has 1 aromatic rings. The monoisotopic (exact) mass is 636 g/mol. The number of phenols is 1. The number of thioether (sulfide) groups is 2. The summed E-state index contributed by atoms with van der Waals surface area (Å²) in [5, 5.41) is 20.3. The first-order chi connectivity index (χ1) is 20.9. The lowest BCUT2D eigenvalue weighted by Crippen LogP contribution is -2.32. The standard InChI is InChI=1S/C36H60O5S2/c1-2-3-4-5-6-7-8-9-10-11-12-13-14-15-16-17-25-41-35(40)29-33(38)28-34(39)30-36(42-26-18-27-43-36)24-23-31-19-21-32(37)22-20-31/h19-22,34,37,39H,2-18,23-30H2,1H3/t34-/m0/s1. The van der Waals surface area contributed by atoms with Crippen molar-refractivity contribution in [2.75, 3.05) is 18.1 Å². The van der Waals surface area contributed by atoms with Gasteiger partial charge in [-0.25, -0.2) is 0 Å². The maximum absolute atomic E-state index is 12.5. The number of ether oxygens (including phenoxy) is 1. The Kier molecular flexibility index (Phi) is 21.3. The molecule has 1 heterocycles. The third-order valence-electron chi connectivity index (χ3n) is 8.36. The highest BCUT2D eigenvalue weighted by Crippen LogP contribution is 2.49. The molecule has 1 atom stereocenters. The second kappa shape index (κ2) is 24.1. The lowest BCUT2D eigenvalue weighted by Gasteiger charge is -2.37. The number of ketones is 1. The third kappa shape index (κ3) is 19.1. The number of unbranched alkanes of at least 4 members (excludes halogenated alkanes) is 15. The summed E-state index contributed by atoms with van der Waals surface area (Å²) in [6, 6.07) is 7.28. The van der Waals surface area contributed by atoms with Crippen LogP contribution in [0.3, 0.4) is 0 Å². The second-order valence-corrected chi connectivity index (χ2v) is 15.6. The summed E-state index contributed by atoms with van der Waals surface area (Å²) in [7, 11) is 0. The minimum Gasteiger partial charge on any atom is -0.508 e. The number of aliphatic hydroxyl groups is 1. The number of aromatic hydroxyl groups is 1. The fourth-order valence-electron chi connectivity index (χ4n) is 5.79. The molecule has 2 rings (SSSR count). The van der Waals surface area contributed by atoms with E-state index in [9.17, 15) is 19.8 Å². The number of benzene rings is 1. The van der Waals surface area contributed by atoms with Crippen LogP contribution in [0.25, 0.3) is 0 Å².